The molecule has 4 unspecified atom stereocenters. The highest BCUT2D eigenvalue weighted by Crippen LogP contribution is 2.44. The van der Waals surface area contributed by atoms with Crippen molar-refractivity contribution < 1.29 is 0 Å². The van der Waals surface area contributed by atoms with Crippen LogP contribution in [0.5, 0.6) is 0 Å². The van der Waals surface area contributed by atoms with Crippen LogP contribution in [0.1, 0.15) is 32.6 Å². The van der Waals surface area contributed by atoms with Crippen molar-refractivity contribution >= 4 is 0 Å². The number of piperidine rings is 3. The Morgan fingerprint density at radius 2 is 2.00 bits per heavy atom. The van der Waals surface area contributed by atoms with Gasteiger partial charge in [0.05, 0.1) is 0 Å². The van der Waals surface area contributed by atoms with E-state index in [0.717, 1.165) is 17.9 Å². The quantitative estimate of drug-likeness (QED) is 0.799. The van der Waals surface area contributed by atoms with Crippen LogP contribution in [0, 0.1) is 11.8 Å². The van der Waals surface area contributed by atoms with Crippen LogP contribution in [0.3, 0.4) is 0 Å². The van der Waals surface area contributed by atoms with E-state index in [0.29, 0.717) is 12.1 Å². The minimum absolute atomic E-state index is 0.374. The molecule has 4 saturated heterocycles. The summed E-state index contributed by atoms with van der Waals surface area (Å²) in [5.74, 6) is 1.90. The van der Waals surface area contributed by atoms with Gasteiger partial charge in [0.1, 0.15) is 0 Å². The summed E-state index contributed by atoms with van der Waals surface area (Å²) in [4.78, 5) is 5.31. The van der Waals surface area contributed by atoms with E-state index in [1.165, 1.54) is 45.3 Å². The standard InChI is InChI=1S/C14H27N3/c1-3-4-12(15)14-13-11(9-16(14)2)10-5-7-17(13)8-6-10/h10-14H,3-9,15H2,1-2H3. The summed E-state index contributed by atoms with van der Waals surface area (Å²) in [6.45, 7) is 6.19. The van der Waals surface area contributed by atoms with Gasteiger partial charge in [-0.15, -0.1) is 0 Å². The van der Waals surface area contributed by atoms with Crippen LogP contribution in [0.15, 0.2) is 0 Å². The number of hydrogen-bond acceptors (Lipinski definition) is 3. The highest BCUT2D eigenvalue weighted by Gasteiger charge is 2.52. The monoisotopic (exact) mass is 237 g/mol. The summed E-state index contributed by atoms with van der Waals surface area (Å²) in [6, 6.07) is 1.76. The largest absolute Gasteiger partial charge is 0.326 e. The van der Waals surface area contributed by atoms with Crippen LogP contribution < -0.4 is 5.73 Å². The molecule has 4 atom stereocenters. The highest BCUT2D eigenvalue weighted by molar-refractivity contribution is 5.08. The van der Waals surface area contributed by atoms with E-state index in [9.17, 15) is 0 Å². The predicted octanol–water partition coefficient (Wildman–Crippen LogP) is 1.14. The molecule has 2 N–H and O–H groups in total. The Bertz CT molecular complexity index is 273. The second-order valence-corrected chi connectivity index (χ2v) is 6.41. The van der Waals surface area contributed by atoms with Gasteiger partial charge >= 0.3 is 0 Å². The van der Waals surface area contributed by atoms with Gasteiger partial charge in [-0.1, -0.05) is 13.3 Å². The third-order valence-electron chi connectivity index (χ3n) is 5.46. The molecule has 0 aromatic carbocycles. The van der Waals surface area contributed by atoms with E-state index in [1.54, 1.807) is 0 Å². The van der Waals surface area contributed by atoms with Crippen LogP contribution in [0.4, 0.5) is 0 Å². The molecule has 0 spiro atoms. The maximum Gasteiger partial charge on any atom is 0.0403 e. The van der Waals surface area contributed by atoms with E-state index in [4.69, 9.17) is 5.73 Å². The summed E-state index contributed by atoms with van der Waals surface area (Å²) < 4.78 is 0. The Balaban J connectivity index is 1.80. The average molecular weight is 237 g/mol. The molecule has 4 rings (SSSR count). The fourth-order valence-corrected chi connectivity index (χ4v) is 4.72. The molecule has 0 amide bonds. The molecule has 4 heterocycles. The Kier molecular flexibility index (Phi) is 3.18. The number of nitrogens with zero attached hydrogens (tertiary/aromatic N) is 2. The number of hydrogen-bond donors (Lipinski definition) is 1. The molecule has 0 aromatic heterocycles. The Hall–Kier alpha value is -0.120. The summed E-state index contributed by atoms with van der Waals surface area (Å²) >= 11 is 0. The second-order valence-electron chi connectivity index (χ2n) is 6.41. The van der Waals surface area contributed by atoms with E-state index >= 15 is 0 Å². The second kappa shape index (κ2) is 4.52. The minimum atomic E-state index is 0.374. The maximum absolute atomic E-state index is 6.45. The van der Waals surface area contributed by atoms with Crippen molar-refractivity contribution in [3.05, 3.63) is 0 Å². The first-order valence-corrected chi connectivity index (χ1v) is 7.42. The number of fused-ring (bicyclic) bond motifs is 2. The van der Waals surface area contributed by atoms with Crippen molar-refractivity contribution in [2.24, 2.45) is 17.6 Å². The molecule has 0 aromatic rings. The van der Waals surface area contributed by atoms with Gasteiger partial charge in [-0.3, -0.25) is 9.80 Å². The van der Waals surface area contributed by atoms with E-state index in [2.05, 4.69) is 23.8 Å². The Morgan fingerprint density at radius 3 is 2.65 bits per heavy atom. The first-order chi connectivity index (χ1) is 8.22. The lowest BCUT2D eigenvalue weighted by molar-refractivity contribution is -0.000147. The van der Waals surface area contributed by atoms with Gasteiger partial charge < -0.3 is 5.73 Å². The van der Waals surface area contributed by atoms with Crippen molar-refractivity contribution in [3.8, 4) is 0 Å². The molecule has 0 saturated carbocycles. The van der Waals surface area contributed by atoms with Gasteiger partial charge in [-0.05, 0) is 51.2 Å². The van der Waals surface area contributed by atoms with Crippen LogP contribution in [-0.4, -0.2) is 54.6 Å². The summed E-state index contributed by atoms with van der Waals surface area (Å²) in [5, 5.41) is 0. The smallest absolute Gasteiger partial charge is 0.0403 e. The summed E-state index contributed by atoms with van der Waals surface area (Å²) in [6.07, 6.45) is 5.26. The van der Waals surface area contributed by atoms with Crippen molar-refractivity contribution in [1.29, 1.82) is 0 Å². The zero-order valence-corrected chi connectivity index (χ0v) is 11.3. The molecule has 4 aliphatic heterocycles. The molecule has 4 fully saturated rings. The van der Waals surface area contributed by atoms with Crippen molar-refractivity contribution in [3.63, 3.8) is 0 Å². The Morgan fingerprint density at radius 1 is 1.29 bits per heavy atom. The molecule has 3 nitrogen and oxygen atoms in total. The molecule has 0 aliphatic carbocycles. The van der Waals surface area contributed by atoms with Crippen LogP contribution >= 0.6 is 0 Å². The van der Waals surface area contributed by atoms with Gasteiger partial charge in [-0.25, -0.2) is 0 Å². The number of likely N-dealkylation sites (N-methyl/N-ethyl adjacent to an activating group) is 1. The normalized spacial score (nSPS) is 47.1. The van der Waals surface area contributed by atoms with Gasteiger partial charge in [0.2, 0.25) is 0 Å². The molecular formula is C14H27N3. The number of nitrogens with two attached hydrogens (primary N) is 1. The predicted molar refractivity (Wildman–Crippen MR) is 70.9 cm³/mol. The van der Waals surface area contributed by atoms with Crippen LogP contribution in [-0.2, 0) is 0 Å². The van der Waals surface area contributed by atoms with Gasteiger partial charge in [0, 0.05) is 24.7 Å². The van der Waals surface area contributed by atoms with Gasteiger partial charge in [0.25, 0.3) is 0 Å². The lowest BCUT2D eigenvalue weighted by Gasteiger charge is -2.50. The molecular weight excluding hydrogens is 210 g/mol. The lowest BCUT2D eigenvalue weighted by atomic mass is 9.73. The van der Waals surface area contributed by atoms with Crippen molar-refractivity contribution in [2.45, 2.75) is 50.7 Å². The zero-order chi connectivity index (χ0) is 12.0. The Labute approximate surface area is 105 Å². The van der Waals surface area contributed by atoms with Gasteiger partial charge in [-0.2, -0.15) is 0 Å². The number of likely N-dealkylation sites (tertiary alicyclic amines) is 1. The fraction of sp³-hybridized carbons (Fsp3) is 1.00. The molecule has 4 aliphatic rings. The van der Waals surface area contributed by atoms with Crippen molar-refractivity contribution in [1.82, 2.24) is 9.80 Å². The molecule has 17 heavy (non-hydrogen) atoms. The molecule has 2 bridgehead atoms. The maximum atomic E-state index is 6.45. The zero-order valence-electron chi connectivity index (χ0n) is 11.3. The third-order valence-corrected chi connectivity index (χ3v) is 5.46. The minimum Gasteiger partial charge on any atom is -0.326 e. The summed E-state index contributed by atoms with van der Waals surface area (Å²) in [7, 11) is 2.29. The first-order valence-electron chi connectivity index (χ1n) is 7.42. The number of rotatable bonds is 3. The average Bonchev–Trinajstić information content (AvgIpc) is 2.69. The molecule has 98 valence electrons. The van der Waals surface area contributed by atoms with E-state index in [1.807, 2.05) is 0 Å². The third kappa shape index (κ3) is 1.83. The van der Waals surface area contributed by atoms with Crippen LogP contribution in [0.2, 0.25) is 0 Å². The highest BCUT2D eigenvalue weighted by atomic mass is 15.3. The van der Waals surface area contributed by atoms with Crippen LogP contribution in [0.25, 0.3) is 0 Å². The lowest BCUT2D eigenvalue weighted by Crippen LogP contribution is -2.60. The van der Waals surface area contributed by atoms with Crippen molar-refractivity contribution in [2.75, 3.05) is 26.7 Å². The topological polar surface area (TPSA) is 32.5 Å². The van der Waals surface area contributed by atoms with E-state index in [-0.39, 0.29) is 0 Å². The fourth-order valence-electron chi connectivity index (χ4n) is 4.72. The molecule has 3 heteroatoms. The van der Waals surface area contributed by atoms with E-state index < -0.39 is 0 Å². The summed E-state index contributed by atoms with van der Waals surface area (Å²) in [5.41, 5.74) is 6.45. The van der Waals surface area contributed by atoms with Gasteiger partial charge in [0.15, 0.2) is 0 Å². The first kappa shape index (κ1) is 11.9. The SMILES string of the molecule is CCCC(N)C1C2C(CN1C)C1CCN2CC1. The molecule has 0 radical (unpaired) electrons.